The number of carbonyl (C=O) groups is 1. The zero-order valence-electron chi connectivity index (χ0n) is 11.7. The first kappa shape index (κ1) is 14.9. The largest absolute Gasteiger partial charge is 0.297 e. The minimum Gasteiger partial charge on any atom is -0.297 e. The summed E-state index contributed by atoms with van der Waals surface area (Å²) in [5.41, 5.74) is 1.05. The van der Waals surface area contributed by atoms with E-state index in [1.807, 2.05) is 20.8 Å². The van der Waals surface area contributed by atoms with Crippen molar-refractivity contribution in [3.8, 4) is 0 Å². The Bertz CT molecular complexity index is 648. The lowest BCUT2D eigenvalue weighted by Gasteiger charge is -2.18. The molecule has 0 aromatic carbocycles. The fraction of sp³-hybridized carbons (Fsp3) is 0.385. The van der Waals surface area contributed by atoms with Crippen LogP contribution in [0, 0.1) is 6.92 Å². The zero-order valence-corrected chi connectivity index (χ0v) is 13.3. The number of aryl methyl sites for hydroxylation is 1. The summed E-state index contributed by atoms with van der Waals surface area (Å²) < 4.78 is 4.02. The van der Waals surface area contributed by atoms with Crippen molar-refractivity contribution in [2.24, 2.45) is 0 Å². The molecule has 0 spiro atoms. The monoisotopic (exact) mass is 310 g/mol. The Kier molecular flexibility index (Phi) is 4.06. The molecule has 2 aromatic heterocycles. The summed E-state index contributed by atoms with van der Waals surface area (Å²) in [5, 5.41) is 3.48. The standard InChI is InChI=1S/C13H15ClN4OS/c1-7-15-12(20-18-7)17-11(19)8-5-9(13(2,3)4)16-10(14)6-8/h5-6H,1-4H3,(H,15,17,18,19). The van der Waals surface area contributed by atoms with Crippen molar-refractivity contribution in [1.29, 1.82) is 0 Å². The molecule has 0 aliphatic carbocycles. The Morgan fingerprint density at radius 3 is 2.55 bits per heavy atom. The molecule has 2 aromatic rings. The lowest BCUT2D eigenvalue weighted by atomic mass is 9.91. The minimum absolute atomic E-state index is 0.181. The molecule has 2 rings (SSSR count). The Morgan fingerprint density at radius 2 is 2.00 bits per heavy atom. The van der Waals surface area contributed by atoms with Crippen molar-refractivity contribution in [3.05, 3.63) is 34.4 Å². The van der Waals surface area contributed by atoms with Crippen LogP contribution in [0.3, 0.4) is 0 Å². The topological polar surface area (TPSA) is 67.8 Å². The zero-order chi connectivity index (χ0) is 14.9. The molecule has 0 bridgehead atoms. The van der Waals surface area contributed by atoms with E-state index in [2.05, 4.69) is 19.7 Å². The second-order valence-corrected chi connectivity index (χ2v) is 6.55. The molecule has 106 valence electrons. The van der Waals surface area contributed by atoms with Crippen molar-refractivity contribution in [3.63, 3.8) is 0 Å². The maximum Gasteiger partial charge on any atom is 0.257 e. The van der Waals surface area contributed by atoms with Gasteiger partial charge in [0.15, 0.2) is 0 Å². The molecular weight excluding hydrogens is 296 g/mol. The summed E-state index contributed by atoms with van der Waals surface area (Å²) in [5.74, 6) is 0.365. The number of carbonyl (C=O) groups excluding carboxylic acids is 1. The van der Waals surface area contributed by atoms with Crippen LogP contribution in [0.1, 0.15) is 42.6 Å². The van der Waals surface area contributed by atoms with Gasteiger partial charge in [0, 0.05) is 28.2 Å². The van der Waals surface area contributed by atoms with E-state index in [4.69, 9.17) is 11.6 Å². The summed E-state index contributed by atoms with van der Waals surface area (Å²) >= 11 is 7.14. The molecular formula is C13H15ClN4OS. The maximum absolute atomic E-state index is 12.2. The molecule has 7 heteroatoms. The quantitative estimate of drug-likeness (QED) is 0.863. The van der Waals surface area contributed by atoms with E-state index < -0.39 is 0 Å². The Balaban J connectivity index is 2.28. The summed E-state index contributed by atoms with van der Waals surface area (Å²) in [6.07, 6.45) is 0. The van der Waals surface area contributed by atoms with Gasteiger partial charge in [-0.15, -0.1) is 0 Å². The van der Waals surface area contributed by atoms with Gasteiger partial charge in [-0.05, 0) is 19.1 Å². The highest BCUT2D eigenvalue weighted by molar-refractivity contribution is 7.09. The van der Waals surface area contributed by atoms with Gasteiger partial charge in [-0.2, -0.15) is 4.37 Å². The van der Waals surface area contributed by atoms with Crippen LogP contribution in [0.2, 0.25) is 5.15 Å². The van der Waals surface area contributed by atoms with Crippen LogP contribution in [0.15, 0.2) is 12.1 Å². The molecule has 0 radical (unpaired) electrons. The van der Waals surface area contributed by atoms with E-state index in [-0.39, 0.29) is 11.3 Å². The highest BCUT2D eigenvalue weighted by Gasteiger charge is 2.19. The van der Waals surface area contributed by atoms with Gasteiger partial charge in [0.25, 0.3) is 5.91 Å². The van der Waals surface area contributed by atoms with Crippen LogP contribution in [-0.4, -0.2) is 20.2 Å². The van der Waals surface area contributed by atoms with Crippen LogP contribution in [0.25, 0.3) is 0 Å². The number of amides is 1. The van der Waals surface area contributed by atoms with E-state index in [0.29, 0.717) is 21.7 Å². The van der Waals surface area contributed by atoms with Gasteiger partial charge in [0.05, 0.1) is 0 Å². The van der Waals surface area contributed by atoms with Gasteiger partial charge in [0.1, 0.15) is 11.0 Å². The van der Waals surface area contributed by atoms with E-state index in [1.54, 1.807) is 19.1 Å². The first-order valence-electron chi connectivity index (χ1n) is 6.05. The first-order valence-corrected chi connectivity index (χ1v) is 7.20. The molecule has 0 saturated heterocycles. The molecule has 0 fully saturated rings. The maximum atomic E-state index is 12.2. The molecule has 2 heterocycles. The third-order valence-electron chi connectivity index (χ3n) is 2.57. The van der Waals surface area contributed by atoms with Crippen molar-refractivity contribution < 1.29 is 4.79 Å². The average Bonchev–Trinajstić information content (AvgIpc) is 2.72. The lowest BCUT2D eigenvalue weighted by molar-refractivity contribution is 0.102. The molecule has 5 nitrogen and oxygen atoms in total. The molecule has 0 saturated carbocycles. The van der Waals surface area contributed by atoms with Crippen LogP contribution in [0.4, 0.5) is 5.13 Å². The number of rotatable bonds is 2. The molecule has 0 unspecified atom stereocenters. The summed E-state index contributed by atoms with van der Waals surface area (Å²) in [6.45, 7) is 7.82. The van der Waals surface area contributed by atoms with Gasteiger partial charge >= 0.3 is 0 Å². The molecule has 0 aliphatic heterocycles. The number of hydrogen-bond donors (Lipinski definition) is 1. The van der Waals surface area contributed by atoms with Crippen LogP contribution in [-0.2, 0) is 5.41 Å². The number of nitrogens with one attached hydrogen (secondary N) is 1. The Morgan fingerprint density at radius 1 is 1.30 bits per heavy atom. The lowest BCUT2D eigenvalue weighted by Crippen LogP contribution is -2.17. The van der Waals surface area contributed by atoms with Crippen molar-refractivity contribution in [2.75, 3.05) is 5.32 Å². The van der Waals surface area contributed by atoms with Crippen molar-refractivity contribution in [1.82, 2.24) is 14.3 Å². The van der Waals surface area contributed by atoms with Crippen LogP contribution < -0.4 is 5.32 Å². The van der Waals surface area contributed by atoms with Crippen LogP contribution >= 0.6 is 23.1 Å². The molecule has 20 heavy (non-hydrogen) atoms. The molecule has 1 N–H and O–H groups in total. The Labute approximate surface area is 126 Å². The number of halogens is 1. The SMILES string of the molecule is Cc1nsc(NC(=O)c2cc(Cl)nc(C(C)(C)C)c2)n1. The summed E-state index contributed by atoms with van der Waals surface area (Å²) in [4.78, 5) is 20.6. The van der Waals surface area contributed by atoms with E-state index in [9.17, 15) is 4.79 Å². The first-order chi connectivity index (χ1) is 9.25. The second-order valence-electron chi connectivity index (χ2n) is 5.41. The van der Waals surface area contributed by atoms with Gasteiger partial charge < -0.3 is 0 Å². The summed E-state index contributed by atoms with van der Waals surface area (Å²) in [7, 11) is 0. The van der Waals surface area contributed by atoms with Gasteiger partial charge in [-0.25, -0.2) is 9.97 Å². The number of hydrogen-bond acceptors (Lipinski definition) is 5. The Hall–Kier alpha value is -1.53. The summed E-state index contributed by atoms with van der Waals surface area (Å²) in [6, 6.07) is 3.29. The smallest absolute Gasteiger partial charge is 0.257 e. The van der Waals surface area contributed by atoms with Crippen molar-refractivity contribution >= 4 is 34.2 Å². The minimum atomic E-state index is -0.268. The number of pyridine rings is 1. The predicted molar refractivity (Wildman–Crippen MR) is 80.5 cm³/mol. The number of anilines is 1. The highest BCUT2D eigenvalue weighted by atomic mass is 35.5. The number of aromatic nitrogens is 3. The highest BCUT2D eigenvalue weighted by Crippen LogP contribution is 2.24. The fourth-order valence-electron chi connectivity index (χ4n) is 1.53. The van der Waals surface area contributed by atoms with E-state index in [0.717, 1.165) is 17.2 Å². The molecule has 0 atom stereocenters. The third kappa shape index (κ3) is 3.52. The van der Waals surface area contributed by atoms with Gasteiger partial charge in [-0.3, -0.25) is 10.1 Å². The fourth-order valence-corrected chi connectivity index (χ4v) is 2.31. The van der Waals surface area contributed by atoms with Crippen LogP contribution in [0.5, 0.6) is 0 Å². The number of nitrogens with zero attached hydrogens (tertiary/aromatic N) is 3. The van der Waals surface area contributed by atoms with Crippen molar-refractivity contribution in [2.45, 2.75) is 33.1 Å². The third-order valence-corrected chi connectivity index (χ3v) is 3.49. The second kappa shape index (κ2) is 5.46. The van der Waals surface area contributed by atoms with Gasteiger partial charge in [0.2, 0.25) is 5.13 Å². The van der Waals surface area contributed by atoms with Gasteiger partial charge in [-0.1, -0.05) is 32.4 Å². The predicted octanol–water partition coefficient (Wildman–Crippen LogP) is 3.44. The molecule has 0 aliphatic rings. The molecule has 1 amide bonds. The van der Waals surface area contributed by atoms with E-state index in [1.165, 1.54) is 0 Å². The normalized spacial score (nSPS) is 11.4. The van der Waals surface area contributed by atoms with E-state index >= 15 is 0 Å². The average molecular weight is 311 g/mol.